The SMILES string of the molecule is Cc1cc(Cc2csc(-c3ccc(C4CCCCC4)cc3)n2)c(C)cc1CC[N+](=O)[O-]. The summed E-state index contributed by atoms with van der Waals surface area (Å²) in [4.78, 5) is 15.3. The number of hydrogen-bond donors (Lipinski definition) is 0. The van der Waals surface area contributed by atoms with Gasteiger partial charge in [-0.2, -0.15) is 0 Å². The van der Waals surface area contributed by atoms with Gasteiger partial charge in [0.1, 0.15) is 5.01 Å². The van der Waals surface area contributed by atoms with Crippen molar-refractivity contribution in [3.05, 3.63) is 85.4 Å². The lowest BCUT2D eigenvalue weighted by Crippen LogP contribution is -2.06. The van der Waals surface area contributed by atoms with E-state index >= 15 is 0 Å². The highest BCUT2D eigenvalue weighted by atomic mass is 32.1. The molecule has 0 N–H and O–H groups in total. The van der Waals surface area contributed by atoms with E-state index in [2.05, 4.69) is 48.7 Å². The molecule has 0 saturated heterocycles. The number of rotatable bonds is 7. The molecule has 31 heavy (non-hydrogen) atoms. The smallest absolute Gasteiger partial charge is 0.207 e. The van der Waals surface area contributed by atoms with Crippen LogP contribution in [0.15, 0.2) is 41.8 Å². The Morgan fingerprint density at radius 3 is 2.42 bits per heavy atom. The average molecular weight is 435 g/mol. The molecule has 2 aromatic carbocycles. The number of benzene rings is 2. The minimum Gasteiger partial charge on any atom is -0.265 e. The van der Waals surface area contributed by atoms with Gasteiger partial charge in [-0.25, -0.2) is 4.98 Å². The molecule has 1 aliphatic rings. The Kier molecular flexibility index (Phi) is 6.81. The highest BCUT2D eigenvalue weighted by molar-refractivity contribution is 7.13. The van der Waals surface area contributed by atoms with Crippen molar-refractivity contribution in [2.24, 2.45) is 0 Å². The summed E-state index contributed by atoms with van der Waals surface area (Å²) in [7, 11) is 0. The first kappa shape index (κ1) is 21.7. The highest BCUT2D eigenvalue weighted by Gasteiger charge is 2.16. The Morgan fingerprint density at radius 1 is 1.03 bits per heavy atom. The number of nitro groups is 1. The normalized spacial score (nSPS) is 14.6. The molecule has 0 amide bonds. The molecule has 5 heteroatoms. The Morgan fingerprint density at radius 2 is 1.71 bits per heavy atom. The van der Waals surface area contributed by atoms with Crippen molar-refractivity contribution >= 4 is 11.3 Å². The number of thiazole rings is 1. The standard InChI is InChI=1S/C26H30N2O2S/c1-18-15-24(19(2)14-23(18)12-13-28(29)30)16-25-17-31-26(27-25)22-10-8-21(9-11-22)20-6-4-3-5-7-20/h8-11,14-15,17,20H,3-7,12-13,16H2,1-2H3. The topological polar surface area (TPSA) is 56.0 Å². The van der Waals surface area contributed by atoms with E-state index in [4.69, 9.17) is 4.98 Å². The first-order valence-corrected chi connectivity index (χ1v) is 12.1. The highest BCUT2D eigenvalue weighted by Crippen LogP contribution is 2.34. The summed E-state index contributed by atoms with van der Waals surface area (Å²) in [6.45, 7) is 4.11. The number of aromatic nitrogens is 1. The third kappa shape index (κ3) is 5.40. The van der Waals surface area contributed by atoms with Crippen LogP contribution in [0.4, 0.5) is 0 Å². The van der Waals surface area contributed by atoms with Crippen molar-refractivity contribution in [3.63, 3.8) is 0 Å². The van der Waals surface area contributed by atoms with Crippen LogP contribution in [0.25, 0.3) is 10.6 Å². The molecule has 1 aliphatic carbocycles. The molecule has 3 aromatic rings. The second-order valence-corrected chi connectivity index (χ2v) is 9.65. The predicted octanol–water partition coefficient (Wildman–Crippen LogP) is 6.88. The van der Waals surface area contributed by atoms with Crippen molar-refractivity contribution in [1.82, 2.24) is 4.98 Å². The van der Waals surface area contributed by atoms with E-state index in [1.165, 1.54) is 54.4 Å². The van der Waals surface area contributed by atoms with Gasteiger partial charge in [-0.3, -0.25) is 10.1 Å². The molecule has 1 fully saturated rings. The monoisotopic (exact) mass is 434 g/mol. The van der Waals surface area contributed by atoms with Gasteiger partial charge < -0.3 is 0 Å². The Labute approximate surface area is 188 Å². The zero-order chi connectivity index (χ0) is 21.8. The van der Waals surface area contributed by atoms with E-state index < -0.39 is 0 Å². The van der Waals surface area contributed by atoms with Crippen molar-refractivity contribution < 1.29 is 4.92 Å². The third-order valence-corrected chi connectivity index (χ3v) is 7.46. The maximum atomic E-state index is 10.7. The summed E-state index contributed by atoms with van der Waals surface area (Å²) in [5.74, 6) is 0.731. The summed E-state index contributed by atoms with van der Waals surface area (Å²) in [5.41, 5.74) is 8.35. The fourth-order valence-electron chi connectivity index (χ4n) is 4.66. The minimum atomic E-state index is -0.249. The van der Waals surface area contributed by atoms with Gasteiger partial charge in [0.15, 0.2) is 0 Å². The van der Waals surface area contributed by atoms with E-state index in [1.807, 2.05) is 6.92 Å². The first-order valence-electron chi connectivity index (χ1n) is 11.2. The van der Waals surface area contributed by atoms with Gasteiger partial charge in [-0.05, 0) is 60.4 Å². The summed E-state index contributed by atoms with van der Waals surface area (Å²) in [5, 5.41) is 13.9. The van der Waals surface area contributed by atoms with Gasteiger partial charge in [0.05, 0.1) is 5.69 Å². The van der Waals surface area contributed by atoms with Crippen LogP contribution in [0.1, 0.15) is 71.5 Å². The quantitative estimate of drug-likeness (QED) is 0.301. The number of hydrogen-bond acceptors (Lipinski definition) is 4. The molecule has 0 spiro atoms. The van der Waals surface area contributed by atoms with Gasteiger partial charge in [0.25, 0.3) is 0 Å². The molecule has 0 aliphatic heterocycles. The van der Waals surface area contributed by atoms with Gasteiger partial charge in [0.2, 0.25) is 6.54 Å². The zero-order valence-corrected chi connectivity index (χ0v) is 19.2. The average Bonchev–Trinajstić information content (AvgIpc) is 3.24. The van der Waals surface area contributed by atoms with Gasteiger partial charge in [-0.15, -0.1) is 11.3 Å². The second kappa shape index (κ2) is 9.73. The number of nitrogens with zero attached hydrogens (tertiary/aromatic N) is 2. The molecule has 4 rings (SSSR count). The van der Waals surface area contributed by atoms with E-state index in [-0.39, 0.29) is 11.5 Å². The first-order chi connectivity index (χ1) is 15.0. The van der Waals surface area contributed by atoms with Crippen molar-refractivity contribution in [2.75, 3.05) is 6.54 Å². The van der Waals surface area contributed by atoms with Crippen LogP contribution in [-0.4, -0.2) is 16.5 Å². The van der Waals surface area contributed by atoms with Gasteiger partial charge in [0, 0.05) is 28.7 Å². The summed E-state index contributed by atoms with van der Waals surface area (Å²) >= 11 is 1.70. The van der Waals surface area contributed by atoms with Crippen molar-refractivity contribution in [3.8, 4) is 10.6 Å². The van der Waals surface area contributed by atoms with Crippen LogP contribution >= 0.6 is 11.3 Å². The van der Waals surface area contributed by atoms with Crippen LogP contribution < -0.4 is 0 Å². The van der Waals surface area contributed by atoms with Gasteiger partial charge in [-0.1, -0.05) is 55.7 Å². The summed E-state index contributed by atoms with van der Waals surface area (Å²) in [6, 6.07) is 13.3. The molecule has 0 bridgehead atoms. The summed E-state index contributed by atoms with van der Waals surface area (Å²) in [6.07, 6.45) is 8.03. The van der Waals surface area contributed by atoms with Crippen LogP contribution in [0.3, 0.4) is 0 Å². The van der Waals surface area contributed by atoms with Crippen LogP contribution in [0.2, 0.25) is 0 Å². The molecule has 4 nitrogen and oxygen atoms in total. The Balaban J connectivity index is 1.45. The van der Waals surface area contributed by atoms with E-state index in [0.717, 1.165) is 34.2 Å². The number of aryl methyl sites for hydroxylation is 2. The van der Waals surface area contributed by atoms with Crippen molar-refractivity contribution in [1.29, 1.82) is 0 Å². The molecule has 0 unspecified atom stereocenters. The fourth-order valence-corrected chi connectivity index (χ4v) is 5.48. The van der Waals surface area contributed by atoms with E-state index in [0.29, 0.717) is 6.42 Å². The van der Waals surface area contributed by atoms with Crippen LogP contribution in [0, 0.1) is 24.0 Å². The van der Waals surface area contributed by atoms with E-state index in [9.17, 15) is 10.1 Å². The fraction of sp³-hybridized carbons (Fsp3) is 0.423. The summed E-state index contributed by atoms with van der Waals surface area (Å²) < 4.78 is 0. The molecule has 1 aromatic heterocycles. The molecule has 0 radical (unpaired) electrons. The molecule has 1 saturated carbocycles. The maximum absolute atomic E-state index is 10.7. The van der Waals surface area contributed by atoms with E-state index in [1.54, 1.807) is 11.3 Å². The molecular formula is C26H30N2O2S. The van der Waals surface area contributed by atoms with Crippen LogP contribution in [-0.2, 0) is 12.8 Å². The lowest BCUT2D eigenvalue weighted by atomic mass is 9.84. The molecule has 162 valence electrons. The van der Waals surface area contributed by atoms with Gasteiger partial charge >= 0.3 is 0 Å². The largest absolute Gasteiger partial charge is 0.265 e. The maximum Gasteiger partial charge on any atom is 0.207 e. The van der Waals surface area contributed by atoms with Crippen molar-refractivity contribution in [2.45, 2.75) is 64.7 Å². The Bertz CT molecular complexity index is 1050. The molecular weight excluding hydrogens is 404 g/mol. The second-order valence-electron chi connectivity index (χ2n) is 8.79. The minimum absolute atomic E-state index is 0.0192. The lowest BCUT2D eigenvalue weighted by Gasteiger charge is -2.21. The van der Waals surface area contributed by atoms with Crippen LogP contribution in [0.5, 0.6) is 0 Å². The zero-order valence-electron chi connectivity index (χ0n) is 18.4. The molecule has 1 heterocycles. The predicted molar refractivity (Wildman–Crippen MR) is 128 cm³/mol. The Hall–Kier alpha value is -2.53. The third-order valence-electron chi connectivity index (χ3n) is 6.52. The lowest BCUT2D eigenvalue weighted by molar-refractivity contribution is -0.479. The molecule has 0 atom stereocenters.